The first kappa shape index (κ1) is 15.9. The summed E-state index contributed by atoms with van der Waals surface area (Å²) < 4.78 is 7.74. The van der Waals surface area contributed by atoms with Crippen LogP contribution in [0.1, 0.15) is 16.8 Å². The van der Waals surface area contributed by atoms with E-state index in [-0.39, 0.29) is 0 Å². The summed E-state index contributed by atoms with van der Waals surface area (Å²) in [5.74, 6) is 0.815. The van der Waals surface area contributed by atoms with Gasteiger partial charge in [0.15, 0.2) is 0 Å². The summed E-state index contributed by atoms with van der Waals surface area (Å²) in [6, 6.07) is 23.8. The van der Waals surface area contributed by atoms with Crippen molar-refractivity contribution in [2.24, 2.45) is 0 Å². The first-order chi connectivity index (χ1) is 12.8. The molecule has 126 valence electrons. The lowest BCUT2D eigenvalue weighted by Gasteiger charge is -2.09. The summed E-state index contributed by atoms with van der Waals surface area (Å²) in [7, 11) is 0. The zero-order valence-corrected chi connectivity index (χ0v) is 14.0. The molecule has 0 atom stereocenters. The number of nitriles is 1. The number of aromatic nitrogens is 3. The molecule has 0 aliphatic rings. The molecule has 0 aliphatic carbocycles. The molecule has 5 heteroatoms. The normalized spacial score (nSPS) is 10.6. The molecule has 0 spiro atoms. The Kier molecular flexibility index (Phi) is 4.31. The summed E-state index contributed by atoms with van der Waals surface area (Å²) in [6.45, 7) is 0.976. The largest absolute Gasteiger partial charge is 0.487 e. The van der Waals surface area contributed by atoms with Gasteiger partial charge >= 0.3 is 0 Å². The molecule has 0 amide bonds. The van der Waals surface area contributed by atoms with Crippen LogP contribution in [-0.4, -0.2) is 15.0 Å². The van der Waals surface area contributed by atoms with Gasteiger partial charge in [-0.2, -0.15) is 5.26 Å². The molecular formula is C21H16N4O. The van der Waals surface area contributed by atoms with Gasteiger partial charge in [-0.1, -0.05) is 47.7 Å². The van der Waals surface area contributed by atoms with Gasteiger partial charge in [-0.05, 0) is 40.6 Å². The Hall–Kier alpha value is -3.65. The van der Waals surface area contributed by atoms with Crippen LogP contribution in [0.25, 0.3) is 10.8 Å². The van der Waals surface area contributed by atoms with Crippen LogP contribution in [0.15, 0.2) is 72.9 Å². The van der Waals surface area contributed by atoms with Gasteiger partial charge in [0.1, 0.15) is 12.4 Å². The summed E-state index contributed by atoms with van der Waals surface area (Å²) in [5.41, 5.74) is 2.59. The number of ether oxygens (including phenoxy) is 1. The van der Waals surface area contributed by atoms with Crippen LogP contribution in [0, 0.1) is 11.3 Å². The van der Waals surface area contributed by atoms with Crippen LogP contribution < -0.4 is 4.74 Å². The molecule has 0 unspecified atom stereocenters. The predicted octanol–water partition coefficient (Wildman–Crippen LogP) is 3.93. The van der Waals surface area contributed by atoms with Gasteiger partial charge in [0.05, 0.1) is 30.1 Å². The van der Waals surface area contributed by atoms with Gasteiger partial charge in [-0.15, -0.1) is 5.10 Å². The highest BCUT2D eigenvalue weighted by atomic mass is 16.5. The molecule has 1 heterocycles. The van der Waals surface area contributed by atoms with Gasteiger partial charge in [0.25, 0.3) is 0 Å². The molecule has 0 saturated carbocycles. The van der Waals surface area contributed by atoms with E-state index in [9.17, 15) is 0 Å². The van der Waals surface area contributed by atoms with E-state index in [1.54, 1.807) is 18.3 Å². The van der Waals surface area contributed by atoms with Crippen molar-refractivity contribution >= 4 is 10.8 Å². The maximum Gasteiger partial charge on any atom is 0.132 e. The number of rotatable bonds is 5. The Bertz CT molecular complexity index is 1080. The second-order valence-electron chi connectivity index (χ2n) is 5.99. The molecule has 4 aromatic rings. The lowest BCUT2D eigenvalue weighted by molar-refractivity contribution is 0.293. The lowest BCUT2D eigenvalue weighted by Crippen LogP contribution is -2.09. The fourth-order valence-electron chi connectivity index (χ4n) is 2.80. The first-order valence-corrected chi connectivity index (χ1v) is 8.30. The third kappa shape index (κ3) is 3.40. The van der Waals surface area contributed by atoms with E-state index in [1.165, 1.54) is 5.39 Å². The lowest BCUT2D eigenvalue weighted by atomic mass is 10.1. The Morgan fingerprint density at radius 1 is 0.962 bits per heavy atom. The molecule has 0 fully saturated rings. The second kappa shape index (κ2) is 7.08. The third-order valence-electron chi connectivity index (χ3n) is 4.22. The highest BCUT2D eigenvalue weighted by Gasteiger charge is 2.07. The van der Waals surface area contributed by atoms with Gasteiger partial charge in [-0.25, -0.2) is 4.68 Å². The van der Waals surface area contributed by atoms with Gasteiger partial charge in [0, 0.05) is 0 Å². The van der Waals surface area contributed by atoms with E-state index in [1.807, 2.05) is 41.1 Å². The molecule has 1 aromatic heterocycles. The van der Waals surface area contributed by atoms with Crippen molar-refractivity contribution in [3.05, 3.63) is 89.7 Å². The molecule has 4 rings (SSSR count). The van der Waals surface area contributed by atoms with Gasteiger partial charge in [0.2, 0.25) is 0 Å². The second-order valence-corrected chi connectivity index (χ2v) is 5.99. The minimum atomic E-state index is 0.390. The van der Waals surface area contributed by atoms with Crippen LogP contribution in [0.3, 0.4) is 0 Å². The van der Waals surface area contributed by atoms with Crippen LogP contribution >= 0.6 is 0 Å². The Morgan fingerprint density at radius 2 is 1.77 bits per heavy atom. The number of hydrogen-bond donors (Lipinski definition) is 0. The summed E-state index contributed by atoms with van der Waals surface area (Å²) in [6.07, 6.45) is 1.71. The zero-order valence-electron chi connectivity index (χ0n) is 14.0. The SMILES string of the molecule is N#Cc1ccc(Cn2nncc2COc2ccc3ccccc3c2)cc1. The van der Waals surface area contributed by atoms with Crippen LogP contribution in [0.2, 0.25) is 0 Å². The van der Waals surface area contributed by atoms with Crippen LogP contribution in [0.4, 0.5) is 0 Å². The van der Waals surface area contributed by atoms with Crippen molar-refractivity contribution in [3.8, 4) is 11.8 Å². The minimum absolute atomic E-state index is 0.390. The van der Waals surface area contributed by atoms with E-state index in [0.717, 1.165) is 22.4 Å². The quantitative estimate of drug-likeness (QED) is 0.552. The van der Waals surface area contributed by atoms with Gasteiger partial charge < -0.3 is 4.74 Å². The minimum Gasteiger partial charge on any atom is -0.487 e. The number of benzene rings is 3. The topological polar surface area (TPSA) is 63.7 Å². The molecule has 0 radical (unpaired) electrons. The average molecular weight is 340 g/mol. The van der Waals surface area contributed by atoms with Crippen LogP contribution in [-0.2, 0) is 13.2 Å². The van der Waals surface area contributed by atoms with E-state index in [2.05, 4.69) is 34.6 Å². The molecular weight excluding hydrogens is 324 g/mol. The number of hydrogen-bond acceptors (Lipinski definition) is 4. The summed E-state index contributed by atoms with van der Waals surface area (Å²) in [5, 5.41) is 19.3. The molecule has 3 aromatic carbocycles. The van der Waals surface area contributed by atoms with Crippen molar-refractivity contribution in [1.82, 2.24) is 15.0 Å². The standard InChI is InChI=1S/C21H16N4O/c22-12-16-5-7-17(8-6-16)14-25-20(13-23-24-25)15-26-21-10-9-18-3-1-2-4-19(18)11-21/h1-11,13H,14-15H2. The van der Waals surface area contributed by atoms with Crippen LogP contribution in [0.5, 0.6) is 5.75 Å². The number of fused-ring (bicyclic) bond motifs is 1. The average Bonchev–Trinajstić information content (AvgIpc) is 3.14. The summed E-state index contributed by atoms with van der Waals surface area (Å²) in [4.78, 5) is 0. The Balaban J connectivity index is 1.46. The smallest absolute Gasteiger partial charge is 0.132 e. The maximum absolute atomic E-state index is 8.88. The van der Waals surface area contributed by atoms with Crippen molar-refractivity contribution in [2.45, 2.75) is 13.2 Å². The fraction of sp³-hybridized carbons (Fsp3) is 0.0952. The van der Waals surface area contributed by atoms with Crippen molar-refractivity contribution in [3.63, 3.8) is 0 Å². The highest BCUT2D eigenvalue weighted by molar-refractivity contribution is 5.83. The van der Waals surface area contributed by atoms with E-state index >= 15 is 0 Å². The Labute approximate surface area is 151 Å². The molecule has 0 aliphatic heterocycles. The summed E-state index contributed by atoms with van der Waals surface area (Å²) >= 11 is 0. The Morgan fingerprint density at radius 3 is 2.58 bits per heavy atom. The molecule has 26 heavy (non-hydrogen) atoms. The maximum atomic E-state index is 8.88. The highest BCUT2D eigenvalue weighted by Crippen LogP contribution is 2.21. The van der Waals surface area contributed by atoms with E-state index in [0.29, 0.717) is 18.7 Å². The third-order valence-corrected chi connectivity index (χ3v) is 4.22. The van der Waals surface area contributed by atoms with Gasteiger partial charge in [-0.3, -0.25) is 0 Å². The van der Waals surface area contributed by atoms with E-state index in [4.69, 9.17) is 10.00 Å². The monoisotopic (exact) mass is 340 g/mol. The number of nitrogens with zero attached hydrogens (tertiary/aromatic N) is 4. The first-order valence-electron chi connectivity index (χ1n) is 8.30. The van der Waals surface area contributed by atoms with E-state index < -0.39 is 0 Å². The fourth-order valence-corrected chi connectivity index (χ4v) is 2.80. The molecule has 0 N–H and O–H groups in total. The molecule has 0 bridgehead atoms. The predicted molar refractivity (Wildman–Crippen MR) is 98.6 cm³/mol. The van der Waals surface area contributed by atoms with Crippen molar-refractivity contribution in [1.29, 1.82) is 5.26 Å². The molecule has 5 nitrogen and oxygen atoms in total. The zero-order chi connectivity index (χ0) is 17.8. The van der Waals surface area contributed by atoms with Crippen molar-refractivity contribution < 1.29 is 4.74 Å². The van der Waals surface area contributed by atoms with Crippen molar-refractivity contribution in [2.75, 3.05) is 0 Å². The molecule has 0 saturated heterocycles.